The third-order valence-corrected chi connectivity index (χ3v) is 14.2. The molecule has 3 atom stereocenters. The normalized spacial score (nSPS) is 16.4. The number of carbonyl (C=O) groups excluding carboxylic acids is 2. The smallest absolute Gasteiger partial charge is 0.313 e. The van der Waals surface area contributed by atoms with Crippen LogP contribution in [0.2, 0.25) is 0 Å². The van der Waals surface area contributed by atoms with Gasteiger partial charge in [0.05, 0.1) is 148 Å². The second-order valence-corrected chi connectivity index (χ2v) is 21.6. The van der Waals surface area contributed by atoms with Crippen molar-refractivity contribution in [3.63, 3.8) is 0 Å². The van der Waals surface area contributed by atoms with Crippen LogP contribution in [0.3, 0.4) is 0 Å². The number of nitrogens with one attached hydrogen (secondary N) is 1. The number of ether oxygens (including phenoxy) is 10. The van der Waals surface area contributed by atoms with Gasteiger partial charge in [0.2, 0.25) is 11.7 Å². The summed E-state index contributed by atoms with van der Waals surface area (Å²) in [5.74, 6) is -3.02. The number of aliphatic imine (C=N–C) groups is 2. The minimum atomic E-state index is -1.86. The Morgan fingerprint density at radius 2 is 1.36 bits per heavy atom. The quantitative estimate of drug-likeness (QED) is 0.00758. The fourth-order valence-electron chi connectivity index (χ4n) is 7.04. The largest absolute Gasteiger partial charge is 0.420 e. The third-order valence-electron chi connectivity index (χ3n) is 11.4. The van der Waals surface area contributed by atoms with Crippen LogP contribution < -0.4 is 10.1 Å². The summed E-state index contributed by atoms with van der Waals surface area (Å²) in [6.45, 7) is 20.3. The molecule has 0 radical (unpaired) electrons. The molecule has 24 nitrogen and oxygen atoms in total. The van der Waals surface area contributed by atoms with Crippen LogP contribution in [0.5, 0.6) is 5.75 Å². The first kappa shape index (κ1) is 71.4. The number of esters is 1. The molecule has 460 valence electrons. The van der Waals surface area contributed by atoms with Gasteiger partial charge >= 0.3 is 5.97 Å². The lowest BCUT2D eigenvalue weighted by atomic mass is 10.1. The fraction of sp³-hybridized carbons (Fsp3) is 0.706. The summed E-state index contributed by atoms with van der Waals surface area (Å²) in [4.78, 5) is 59.6. The van der Waals surface area contributed by atoms with Crippen LogP contribution in [0.4, 0.5) is 19.0 Å². The van der Waals surface area contributed by atoms with Crippen LogP contribution in [0, 0.1) is 23.4 Å². The molecular weight excluding hydrogens is 1130 g/mol. The number of hydrogen-bond donors (Lipinski definition) is 4. The maximum Gasteiger partial charge on any atom is 0.313 e. The van der Waals surface area contributed by atoms with Crippen molar-refractivity contribution >= 4 is 58.4 Å². The highest BCUT2D eigenvalue weighted by atomic mass is 35.5. The maximum atomic E-state index is 13.4. The van der Waals surface area contributed by atoms with Gasteiger partial charge in [0, 0.05) is 52.6 Å². The van der Waals surface area contributed by atoms with Crippen LogP contribution in [-0.4, -0.2) is 218 Å². The first-order valence-electron chi connectivity index (χ1n) is 26.9. The lowest BCUT2D eigenvalue weighted by Crippen LogP contribution is -2.61. The van der Waals surface area contributed by atoms with Gasteiger partial charge in [0.15, 0.2) is 32.1 Å². The zero-order chi connectivity index (χ0) is 59.0. The van der Waals surface area contributed by atoms with Crippen molar-refractivity contribution < 1.29 is 84.8 Å². The van der Waals surface area contributed by atoms with E-state index in [2.05, 4.69) is 60.9 Å². The van der Waals surface area contributed by atoms with E-state index in [1.165, 1.54) is 12.8 Å². The lowest BCUT2D eigenvalue weighted by Gasteiger charge is -2.41. The highest BCUT2D eigenvalue weighted by Gasteiger charge is 2.35. The van der Waals surface area contributed by atoms with Crippen molar-refractivity contribution in [3.05, 3.63) is 53.7 Å². The van der Waals surface area contributed by atoms with Crippen molar-refractivity contribution in [3.8, 4) is 5.75 Å². The molecule has 0 spiro atoms. The van der Waals surface area contributed by atoms with Crippen LogP contribution in [0.15, 0.2) is 40.7 Å². The van der Waals surface area contributed by atoms with Crippen LogP contribution >= 0.6 is 28.1 Å². The van der Waals surface area contributed by atoms with Gasteiger partial charge in [-0.2, -0.15) is 5.10 Å². The van der Waals surface area contributed by atoms with E-state index >= 15 is 0 Å². The van der Waals surface area contributed by atoms with Gasteiger partial charge in [-0.05, 0) is 45.5 Å². The SMILES string of the molecule is C=Nc1c(/C(=N\CCl)N2CC(NC(=O)CCOCCOCCOCCOCC)C2)cnn1C1CCC(CC)O1.CC1CC1.CP(O)CP(O)O.O=C(CCOCCOCCOCCOCCn1ccnn1)Oc1c(F)cc(F)cc1F. The summed E-state index contributed by atoms with van der Waals surface area (Å²) in [5, 5.41) is 15.1. The van der Waals surface area contributed by atoms with Crippen molar-refractivity contribution in [2.75, 3.05) is 137 Å². The number of nitrogens with zero attached hydrogens (tertiary/aromatic N) is 8. The highest BCUT2D eigenvalue weighted by molar-refractivity contribution is 7.65. The summed E-state index contributed by atoms with van der Waals surface area (Å²) in [6, 6.07) is 0.973. The Balaban J connectivity index is 0.000000363. The Kier molecular flexibility index (Phi) is 38.5. The highest BCUT2D eigenvalue weighted by Crippen LogP contribution is 2.39. The van der Waals surface area contributed by atoms with Crippen LogP contribution in [0.1, 0.15) is 77.5 Å². The maximum absolute atomic E-state index is 13.4. The number of carbonyl (C=O) groups is 2. The number of amidine groups is 1. The minimum absolute atomic E-state index is 0.0164. The van der Waals surface area contributed by atoms with E-state index in [-0.39, 0.29) is 68.9 Å². The number of amides is 1. The van der Waals surface area contributed by atoms with Gasteiger partial charge in [-0.3, -0.25) is 19.3 Å². The number of alkyl halides is 1. The summed E-state index contributed by atoms with van der Waals surface area (Å²) in [7, 11) is -2.97. The summed E-state index contributed by atoms with van der Waals surface area (Å²) in [6.07, 6.45) is 11.0. The Morgan fingerprint density at radius 1 is 0.815 bits per heavy atom. The van der Waals surface area contributed by atoms with Crippen molar-refractivity contribution in [2.45, 2.75) is 90.6 Å². The Bertz CT molecular complexity index is 2160. The number of rotatable bonds is 37. The average Bonchev–Trinajstić information content (AvgIpc) is 3.92. The number of halogens is 4. The molecule has 2 saturated heterocycles. The topological polar surface area (TPSA) is 276 Å². The molecule has 4 N–H and O–H groups in total. The molecule has 30 heteroatoms. The molecule has 3 unspecified atom stereocenters. The number of hydrogen-bond acceptors (Lipinski definition) is 20. The Labute approximate surface area is 480 Å². The number of aromatic nitrogens is 5. The molecule has 2 aromatic heterocycles. The van der Waals surface area contributed by atoms with Gasteiger partial charge in [0.25, 0.3) is 0 Å². The molecule has 2 aliphatic heterocycles. The molecule has 1 saturated carbocycles. The molecule has 1 amide bonds. The predicted octanol–water partition coefficient (Wildman–Crippen LogP) is 5.96. The predicted molar refractivity (Wildman–Crippen MR) is 299 cm³/mol. The number of likely N-dealkylation sites (tertiary alicyclic amines) is 1. The molecular formula is C51H83ClF3N9O15P2. The Morgan fingerprint density at radius 3 is 1.81 bits per heavy atom. The average molecular weight is 1220 g/mol. The molecule has 3 fully saturated rings. The monoisotopic (exact) mass is 1220 g/mol. The van der Waals surface area contributed by atoms with E-state index in [9.17, 15) is 22.8 Å². The third kappa shape index (κ3) is 32.1. The lowest BCUT2D eigenvalue weighted by molar-refractivity contribution is -0.136. The second kappa shape index (κ2) is 43.7. The molecule has 3 aromatic rings. The molecule has 1 aliphatic carbocycles. The fourth-order valence-corrected chi connectivity index (χ4v) is 8.62. The van der Waals surface area contributed by atoms with E-state index in [4.69, 9.17) is 68.9 Å². The van der Waals surface area contributed by atoms with E-state index < -0.39 is 45.7 Å². The van der Waals surface area contributed by atoms with E-state index in [1.54, 1.807) is 34.6 Å². The summed E-state index contributed by atoms with van der Waals surface area (Å²) < 4.78 is 96.4. The van der Waals surface area contributed by atoms with Crippen LogP contribution in [-0.2, 0) is 58.8 Å². The van der Waals surface area contributed by atoms with Gasteiger partial charge in [-0.15, -0.1) is 16.7 Å². The molecule has 1 aromatic carbocycles. The van der Waals surface area contributed by atoms with Gasteiger partial charge in [0.1, 0.15) is 17.7 Å². The molecule has 0 bridgehead atoms. The zero-order valence-electron chi connectivity index (χ0n) is 46.9. The van der Waals surface area contributed by atoms with Gasteiger partial charge in [-0.1, -0.05) is 31.9 Å². The van der Waals surface area contributed by atoms with Gasteiger partial charge in [-0.25, -0.2) is 22.8 Å². The summed E-state index contributed by atoms with van der Waals surface area (Å²) >= 11 is 5.99. The van der Waals surface area contributed by atoms with Crippen LogP contribution in [0.25, 0.3) is 0 Å². The van der Waals surface area contributed by atoms with Crippen molar-refractivity contribution in [1.29, 1.82) is 0 Å². The molecule has 6 rings (SSSR count). The zero-order valence-corrected chi connectivity index (χ0v) is 49.5. The molecule has 81 heavy (non-hydrogen) atoms. The summed E-state index contributed by atoms with van der Waals surface area (Å²) in [5.41, 5.74) is 0.756. The minimum Gasteiger partial charge on any atom is -0.420 e. The van der Waals surface area contributed by atoms with Crippen molar-refractivity contribution in [2.24, 2.45) is 15.9 Å². The second-order valence-electron chi connectivity index (χ2n) is 18.1. The standard InChI is InChI=1S/C26H43ClN6O6.C19H24F3N3O6.C4H8.C2H8O3P2/c1-4-21-6-7-24(39-21)33-25(28-3)22(16-30-33)26(29-19-27)32-17-20(18-32)31-23(34)8-9-36-12-13-38-15-14-37-11-10-35-5-2;20-15-13-16(21)19(17(22)14-15)31-18(26)1-5-27-7-9-29-11-12-30-10-8-28-6-4-25-3-2-23-24-25;1-4-2-3-4;1-6(3)2-7(4)5/h16,20-21,24H,3-15,17-19H2,1-2H3,(H,31,34);2-3,13-14H,1,4-12H2;4H,2-3H2,1H3;3-5H,2H2,1H3/b29-26+;;;. The van der Waals surface area contributed by atoms with E-state index in [1.807, 2.05) is 6.92 Å². The Hall–Kier alpha value is -3.89. The van der Waals surface area contributed by atoms with Gasteiger partial charge < -0.3 is 72.3 Å². The molecule has 3 aliphatic rings. The van der Waals surface area contributed by atoms with E-state index in [0.717, 1.165) is 30.7 Å². The first-order valence-corrected chi connectivity index (χ1v) is 30.8. The number of benzene rings is 1. The van der Waals surface area contributed by atoms with E-state index in [0.29, 0.717) is 129 Å². The molecule has 4 heterocycles. The van der Waals surface area contributed by atoms with Crippen molar-refractivity contribution in [1.82, 2.24) is 35.0 Å². The first-order chi connectivity index (χ1) is 39.2.